The van der Waals surface area contributed by atoms with Crippen molar-refractivity contribution < 1.29 is 13.9 Å². The summed E-state index contributed by atoms with van der Waals surface area (Å²) in [5.74, 6) is 2.13. The van der Waals surface area contributed by atoms with E-state index >= 15 is 0 Å². The summed E-state index contributed by atoms with van der Waals surface area (Å²) in [5.41, 5.74) is 3.78. The molecule has 0 spiro atoms. The Bertz CT molecular complexity index is 1360. The maximum atomic E-state index is 6.52. The Morgan fingerprint density at radius 3 is 2.27 bits per heavy atom. The fourth-order valence-electron chi connectivity index (χ4n) is 3.66. The number of hydrogen-bond acceptors (Lipinski definition) is 8. The Morgan fingerprint density at radius 2 is 1.68 bits per heavy atom. The largest absolute Gasteiger partial charge is 0.497 e. The third kappa shape index (κ3) is 5.91. The smallest absolute Gasteiger partial charge is 0.192 e. The molecule has 4 aromatic rings. The molecule has 0 aliphatic rings. The fourth-order valence-corrected chi connectivity index (χ4v) is 4.70. The van der Waals surface area contributed by atoms with Gasteiger partial charge in [0, 0.05) is 49.2 Å². The zero-order valence-corrected chi connectivity index (χ0v) is 23.9. The minimum absolute atomic E-state index is 0.122. The highest BCUT2D eigenvalue weighted by atomic mass is 28.4. The minimum Gasteiger partial charge on any atom is -0.497 e. The summed E-state index contributed by atoms with van der Waals surface area (Å²) in [7, 11) is 3.25. The first kappa shape index (κ1) is 26.6. The molecule has 0 saturated heterocycles. The lowest BCUT2D eigenvalue weighted by Crippen LogP contribution is -2.42. The standard InChI is InChI=1S/C27H36N6O3Si/c1-27(2,3)37(7,8)36-12-11-33(20-13-21(34-5)15-22(14-20)35-6)25-10-9-23-26(31-25)30-24(17-28-23)19-16-29-32(4)18-19/h9-10,13-18H,11-12H2,1-8H3. The van der Waals surface area contributed by atoms with E-state index in [0.717, 1.165) is 28.3 Å². The van der Waals surface area contributed by atoms with E-state index in [2.05, 4.69) is 48.8 Å². The molecule has 0 atom stereocenters. The number of fused-ring (bicyclic) bond motifs is 1. The zero-order valence-electron chi connectivity index (χ0n) is 22.9. The van der Waals surface area contributed by atoms with Crippen molar-refractivity contribution in [2.45, 2.75) is 38.9 Å². The van der Waals surface area contributed by atoms with Gasteiger partial charge in [-0.25, -0.2) is 9.97 Å². The first-order chi connectivity index (χ1) is 17.5. The summed E-state index contributed by atoms with van der Waals surface area (Å²) >= 11 is 0. The monoisotopic (exact) mass is 520 g/mol. The van der Waals surface area contributed by atoms with Crippen molar-refractivity contribution in [3.05, 3.63) is 48.9 Å². The van der Waals surface area contributed by atoms with Crippen molar-refractivity contribution in [3.8, 4) is 22.8 Å². The van der Waals surface area contributed by atoms with Crippen LogP contribution in [0.15, 0.2) is 48.9 Å². The van der Waals surface area contributed by atoms with E-state index < -0.39 is 8.32 Å². The second-order valence-corrected chi connectivity index (χ2v) is 15.3. The fraction of sp³-hybridized carbons (Fsp3) is 0.407. The molecule has 37 heavy (non-hydrogen) atoms. The van der Waals surface area contributed by atoms with Crippen LogP contribution >= 0.6 is 0 Å². The van der Waals surface area contributed by atoms with Crippen molar-refractivity contribution in [2.75, 3.05) is 32.3 Å². The zero-order chi connectivity index (χ0) is 26.8. The summed E-state index contributed by atoms with van der Waals surface area (Å²) in [6.45, 7) is 12.4. The molecule has 0 fully saturated rings. The van der Waals surface area contributed by atoms with Crippen LogP contribution in [0.1, 0.15) is 20.8 Å². The van der Waals surface area contributed by atoms with E-state index in [1.807, 2.05) is 43.6 Å². The summed E-state index contributed by atoms with van der Waals surface area (Å²) in [6.07, 6.45) is 5.43. The quantitative estimate of drug-likeness (QED) is 0.264. The number of ether oxygens (including phenoxy) is 2. The van der Waals surface area contributed by atoms with E-state index in [1.165, 1.54) is 0 Å². The van der Waals surface area contributed by atoms with Gasteiger partial charge >= 0.3 is 0 Å². The van der Waals surface area contributed by atoms with Crippen molar-refractivity contribution in [1.82, 2.24) is 24.7 Å². The van der Waals surface area contributed by atoms with Gasteiger partial charge in [-0.05, 0) is 30.3 Å². The second kappa shape index (κ2) is 10.5. The van der Waals surface area contributed by atoms with Gasteiger partial charge in [-0.15, -0.1) is 0 Å². The molecule has 10 heteroatoms. The van der Waals surface area contributed by atoms with Crippen LogP contribution in [0.25, 0.3) is 22.4 Å². The summed E-state index contributed by atoms with van der Waals surface area (Å²) in [5, 5.41) is 4.37. The molecule has 0 saturated carbocycles. The maximum Gasteiger partial charge on any atom is 0.192 e. The number of anilines is 2. The molecule has 1 aromatic carbocycles. The Morgan fingerprint density at radius 1 is 0.973 bits per heavy atom. The third-order valence-corrected chi connectivity index (χ3v) is 11.4. The van der Waals surface area contributed by atoms with Gasteiger partial charge in [0.1, 0.15) is 22.8 Å². The average Bonchev–Trinajstić information content (AvgIpc) is 3.31. The van der Waals surface area contributed by atoms with Gasteiger partial charge in [-0.1, -0.05) is 20.8 Å². The van der Waals surface area contributed by atoms with E-state index in [0.29, 0.717) is 30.3 Å². The molecule has 3 aromatic heterocycles. The number of nitrogens with zero attached hydrogens (tertiary/aromatic N) is 6. The predicted molar refractivity (Wildman–Crippen MR) is 149 cm³/mol. The lowest BCUT2D eigenvalue weighted by molar-refractivity contribution is 0.297. The SMILES string of the molecule is COc1cc(OC)cc(N(CCO[Si](C)(C)C(C)(C)C)c2ccc3ncc(-c4cnn(C)c4)nc3n2)c1. The van der Waals surface area contributed by atoms with Gasteiger partial charge in [0.15, 0.2) is 14.0 Å². The number of aryl methyl sites for hydroxylation is 1. The molecule has 0 bridgehead atoms. The van der Waals surface area contributed by atoms with E-state index in [4.69, 9.17) is 23.9 Å². The molecule has 0 N–H and O–H groups in total. The Balaban J connectivity index is 1.73. The van der Waals surface area contributed by atoms with Gasteiger partial charge in [-0.3, -0.25) is 9.67 Å². The average molecular weight is 521 g/mol. The number of aromatic nitrogens is 5. The number of benzene rings is 1. The topological polar surface area (TPSA) is 87.4 Å². The highest BCUT2D eigenvalue weighted by molar-refractivity contribution is 6.74. The first-order valence-corrected chi connectivity index (χ1v) is 15.2. The first-order valence-electron chi connectivity index (χ1n) is 12.3. The normalized spacial score (nSPS) is 12.1. The van der Waals surface area contributed by atoms with E-state index in [1.54, 1.807) is 31.3 Å². The third-order valence-electron chi connectivity index (χ3n) is 6.90. The van der Waals surface area contributed by atoms with Crippen LogP contribution in [0, 0.1) is 0 Å². The molecule has 0 amide bonds. The summed E-state index contributed by atoms with van der Waals surface area (Å²) < 4.78 is 19.3. The maximum absolute atomic E-state index is 6.52. The van der Waals surface area contributed by atoms with Gasteiger partial charge in [0.05, 0.1) is 38.9 Å². The van der Waals surface area contributed by atoms with Crippen LogP contribution in [0.2, 0.25) is 18.1 Å². The van der Waals surface area contributed by atoms with Gasteiger partial charge < -0.3 is 18.8 Å². The van der Waals surface area contributed by atoms with Gasteiger partial charge in [-0.2, -0.15) is 5.10 Å². The summed E-state index contributed by atoms with van der Waals surface area (Å²) in [4.78, 5) is 16.4. The highest BCUT2D eigenvalue weighted by Gasteiger charge is 2.37. The molecule has 0 radical (unpaired) electrons. The van der Waals surface area contributed by atoms with Crippen molar-refractivity contribution in [1.29, 1.82) is 0 Å². The number of rotatable bonds is 9. The highest BCUT2D eigenvalue weighted by Crippen LogP contribution is 2.37. The van der Waals surface area contributed by atoms with Crippen molar-refractivity contribution >= 4 is 31.0 Å². The Labute approximate surface area is 219 Å². The molecular weight excluding hydrogens is 484 g/mol. The molecule has 9 nitrogen and oxygen atoms in total. The molecular formula is C27H36N6O3Si. The molecule has 196 valence electrons. The molecule has 0 unspecified atom stereocenters. The van der Waals surface area contributed by atoms with Gasteiger partial charge in [0.2, 0.25) is 0 Å². The molecule has 0 aliphatic carbocycles. The van der Waals surface area contributed by atoms with E-state index in [9.17, 15) is 0 Å². The second-order valence-electron chi connectivity index (χ2n) is 10.5. The van der Waals surface area contributed by atoms with Crippen molar-refractivity contribution in [2.24, 2.45) is 7.05 Å². The van der Waals surface area contributed by atoms with Crippen LogP contribution in [0.3, 0.4) is 0 Å². The van der Waals surface area contributed by atoms with Gasteiger partial charge in [0.25, 0.3) is 0 Å². The molecule has 3 heterocycles. The lowest BCUT2D eigenvalue weighted by Gasteiger charge is -2.37. The molecule has 4 rings (SSSR count). The Kier molecular flexibility index (Phi) is 7.51. The van der Waals surface area contributed by atoms with Crippen LogP contribution in [-0.4, -0.2) is 60.4 Å². The van der Waals surface area contributed by atoms with Crippen LogP contribution in [0.4, 0.5) is 11.5 Å². The predicted octanol–water partition coefficient (Wildman–Crippen LogP) is 5.60. The number of pyridine rings is 1. The van der Waals surface area contributed by atoms with Crippen LogP contribution in [0.5, 0.6) is 11.5 Å². The minimum atomic E-state index is -1.92. The van der Waals surface area contributed by atoms with E-state index in [-0.39, 0.29) is 5.04 Å². The number of methoxy groups -OCH3 is 2. The molecule has 0 aliphatic heterocycles. The lowest BCUT2D eigenvalue weighted by atomic mass is 10.2. The van der Waals surface area contributed by atoms with Crippen molar-refractivity contribution in [3.63, 3.8) is 0 Å². The van der Waals surface area contributed by atoms with Crippen LogP contribution < -0.4 is 14.4 Å². The van der Waals surface area contributed by atoms with Crippen LogP contribution in [-0.2, 0) is 11.5 Å². The summed E-state index contributed by atoms with van der Waals surface area (Å²) in [6, 6.07) is 9.69. The Hall–Kier alpha value is -3.50. The number of hydrogen-bond donors (Lipinski definition) is 0.